The Bertz CT molecular complexity index is 1190. The van der Waals surface area contributed by atoms with Gasteiger partial charge in [-0.1, -0.05) is 55.9 Å². The van der Waals surface area contributed by atoms with Crippen molar-refractivity contribution in [2.24, 2.45) is 0 Å². The zero-order valence-corrected chi connectivity index (χ0v) is 21.0. The second-order valence-electron chi connectivity index (χ2n) is 7.88. The van der Waals surface area contributed by atoms with Crippen LogP contribution in [0.2, 0.25) is 0 Å². The Labute approximate surface area is 207 Å². The standard InChI is InChI=1S/C26H27N3O3S2/c1-4-17(2)18-7-9-19(10-8-18)24(22-6-5-15-33-22)27-23(30)16-34-26-29-28-25(32-26)20-11-13-21(31-3)14-12-20/h5-15,17,24H,4,16H2,1-3H3,(H,27,30). The van der Waals surface area contributed by atoms with Crippen LogP contribution < -0.4 is 10.1 Å². The Morgan fingerprint density at radius 1 is 1.09 bits per heavy atom. The molecule has 2 unspecified atom stereocenters. The monoisotopic (exact) mass is 493 g/mol. The summed E-state index contributed by atoms with van der Waals surface area (Å²) in [6.45, 7) is 4.41. The van der Waals surface area contributed by atoms with Crippen molar-refractivity contribution < 1.29 is 13.9 Å². The van der Waals surface area contributed by atoms with E-state index in [1.165, 1.54) is 17.3 Å². The summed E-state index contributed by atoms with van der Waals surface area (Å²) in [5.41, 5.74) is 3.16. The molecule has 2 aromatic heterocycles. The van der Waals surface area contributed by atoms with Crippen molar-refractivity contribution >= 4 is 29.0 Å². The fourth-order valence-electron chi connectivity index (χ4n) is 3.48. The second kappa shape index (κ2) is 11.4. The number of rotatable bonds is 10. The summed E-state index contributed by atoms with van der Waals surface area (Å²) in [5, 5.41) is 13.7. The van der Waals surface area contributed by atoms with Gasteiger partial charge < -0.3 is 14.5 Å². The van der Waals surface area contributed by atoms with E-state index in [2.05, 4.69) is 53.6 Å². The Hall–Kier alpha value is -3.10. The second-order valence-corrected chi connectivity index (χ2v) is 9.79. The van der Waals surface area contributed by atoms with Crippen molar-refractivity contribution in [3.05, 3.63) is 82.0 Å². The van der Waals surface area contributed by atoms with Crippen LogP contribution >= 0.6 is 23.1 Å². The predicted molar refractivity (Wildman–Crippen MR) is 136 cm³/mol. The van der Waals surface area contributed by atoms with Crippen LogP contribution in [0.1, 0.15) is 48.2 Å². The molecule has 2 aromatic carbocycles. The van der Waals surface area contributed by atoms with Crippen molar-refractivity contribution in [1.29, 1.82) is 0 Å². The summed E-state index contributed by atoms with van der Waals surface area (Å²) >= 11 is 2.85. The number of nitrogens with zero attached hydrogens (tertiary/aromatic N) is 2. The van der Waals surface area contributed by atoms with E-state index in [0.717, 1.165) is 28.2 Å². The number of aromatic nitrogens is 2. The number of methoxy groups -OCH3 is 1. The molecule has 0 spiro atoms. The van der Waals surface area contributed by atoms with E-state index in [9.17, 15) is 4.79 Å². The van der Waals surface area contributed by atoms with Gasteiger partial charge in [-0.05, 0) is 59.2 Å². The molecule has 0 saturated heterocycles. The van der Waals surface area contributed by atoms with Crippen LogP contribution in [0.5, 0.6) is 5.75 Å². The number of thiophene rings is 1. The van der Waals surface area contributed by atoms with E-state index in [-0.39, 0.29) is 17.7 Å². The van der Waals surface area contributed by atoms with Gasteiger partial charge in [0.25, 0.3) is 5.22 Å². The van der Waals surface area contributed by atoms with Crippen LogP contribution in [-0.2, 0) is 4.79 Å². The molecule has 2 heterocycles. The van der Waals surface area contributed by atoms with E-state index >= 15 is 0 Å². The van der Waals surface area contributed by atoms with Crippen molar-refractivity contribution in [2.45, 2.75) is 37.5 Å². The van der Waals surface area contributed by atoms with Gasteiger partial charge in [0.15, 0.2) is 0 Å². The largest absolute Gasteiger partial charge is 0.497 e. The Kier molecular flexibility index (Phi) is 8.03. The molecule has 0 fully saturated rings. The smallest absolute Gasteiger partial charge is 0.277 e. The number of thioether (sulfide) groups is 1. The average molecular weight is 494 g/mol. The predicted octanol–water partition coefficient (Wildman–Crippen LogP) is 6.32. The number of hydrogen-bond acceptors (Lipinski definition) is 7. The van der Waals surface area contributed by atoms with Gasteiger partial charge in [-0.2, -0.15) is 0 Å². The molecule has 0 saturated carbocycles. The summed E-state index contributed by atoms with van der Waals surface area (Å²) < 4.78 is 10.9. The highest BCUT2D eigenvalue weighted by molar-refractivity contribution is 7.99. The first kappa shape index (κ1) is 24.0. The third kappa shape index (κ3) is 5.87. The van der Waals surface area contributed by atoms with Crippen LogP contribution in [0.25, 0.3) is 11.5 Å². The third-order valence-electron chi connectivity index (χ3n) is 5.65. The lowest BCUT2D eigenvalue weighted by atomic mass is 9.95. The molecule has 0 bridgehead atoms. The quantitative estimate of drug-likeness (QED) is 0.261. The van der Waals surface area contributed by atoms with Crippen LogP contribution in [0, 0.1) is 0 Å². The fraction of sp³-hybridized carbons (Fsp3) is 0.269. The van der Waals surface area contributed by atoms with Crippen molar-refractivity contribution in [3.8, 4) is 17.2 Å². The lowest BCUT2D eigenvalue weighted by Crippen LogP contribution is -2.30. The van der Waals surface area contributed by atoms with Gasteiger partial charge in [-0.3, -0.25) is 4.79 Å². The van der Waals surface area contributed by atoms with E-state index in [4.69, 9.17) is 9.15 Å². The van der Waals surface area contributed by atoms with Crippen molar-refractivity contribution in [3.63, 3.8) is 0 Å². The molecule has 4 rings (SSSR count). The minimum Gasteiger partial charge on any atom is -0.497 e. The molecular weight excluding hydrogens is 466 g/mol. The first-order chi connectivity index (χ1) is 16.6. The summed E-state index contributed by atoms with van der Waals surface area (Å²) in [6, 6.07) is 19.8. The molecule has 0 aliphatic heterocycles. The molecule has 6 nitrogen and oxygen atoms in total. The molecule has 176 valence electrons. The SMILES string of the molecule is CCC(C)c1ccc(C(NC(=O)CSc2nnc(-c3ccc(OC)cc3)o2)c2cccs2)cc1. The number of amides is 1. The molecule has 34 heavy (non-hydrogen) atoms. The third-order valence-corrected chi connectivity index (χ3v) is 7.41. The minimum atomic E-state index is -0.198. The lowest BCUT2D eigenvalue weighted by molar-refractivity contribution is -0.119. The zero-order valence-electron chi connectivity index (χ0n) is 19.4. The molecule has 1 N–H and O–H groups in total. The number of carbonyl (C=O) groups excluding carboxylic acids is 1. The van der Waals surface area contributed by atoms with Gasteiger partial charge in [-0.15, -0.1) is 21.5 Å². The highest BCUT2D eigenvalue weighted by atomic mass is 32.2. The van der Waals surface area contributed by atoms with Crippen molar-refractivity contribution in [1.82, 2.24) is 15.5 Å². The molecule has 2 atom stereocenters. The molecule has 1 amide bonds. The van der Waals surface area contributed by atoms with E-state index < -0.39 is 0 Å². The van der Waals surface area contributed by atoms with Gasteiger partial charge in [0.05, 0.1) is 18.9 Å². The summed E-state index contributed by atoms with van der Waals surface area (Å²) in [6.07, 6.45) is 1.09. The highest BCUT2D eigenvalue weighted by Gasteiger charge is 2.19. The number of carbonyl (C=O) groups is 1. The number of nitrogens with one attached hydrogen (secondary N) is 1. The molecule has 4 aromatic rings. The topological polar surface area (TPSA) is 77.2 Å². The van der Waals surface area contributed by atoms with Crippen LogP contribution in [0.4, 0.5) is 0 Å². The van der Waals surface area contributed by atoms with Gasteiger partial charge in [-0.25, -0.2) is 0 Å². The number of ether oxygens (including phenoxy) is 1. The Morgan fingerprint density at radius 3 is 2.47 bits per heavy atom. The molecule has 0 radical (unpaired) electrons. The van der Waals surface area contributed by atoms with Gasteiger partial charge in [0.1, 0.15) is 5.75 Å². The Balaban J connectivity index is 1.40. The average Bonchev–Trinajstić information content (AvgIpc) is 3.58. The zero-order chi connectivity index (χ0) is 23.9. The maximum Gasteiger partial charge on any atom is 0.277 e. The molecular formula is C26H27N3O3S2. The first-order valence-electron chi connectivity index (χ1n) is 11.1. The van der Waals surface area contributed by atoms with Gasteiger partial charge >= 0.3 is 0 Å². The number of benzene rings is 2. The molecule has 0 aliphatic carbocycles. The summed E-state index contributed by atoms with van der Waals surface area (Å²) in [5.74, 6) is 1.75. The van der Waals surface area contributed by atoms with E-state index in [1.54, 1.807) is 18.4 Å². The van der Waals surface area contributed by atoms with Crippen LogP contribution in [0.3, 0.4) is 0 Å². The summed E-state index contributed by atoms with van der Waals surface area (Å²) in [4.78, 5) is 13.9. The Morgan fingerprint density at radius 2 is 1.82 bits per heavy atom. The van der Waals surface area contributed by atoms with Crippen LogP contribution in [-0.4, -0.2) is 29.0 Å². The maximum atomic E-state index is 12.8. The fourth-order valence-corrected chi connectivity index (χ4v) is 4.85. The molecule has 0 aliphatic rings. The minimum absolute atomic E-state index is 0.0985. The number of hydrogen-bond donors (Lipinski definition) is 1. The normalized spacial score (nSPS) is 12.8. The van der Waals surface area contributed by atoms with E-state index in [1.807, 2.05) is 41.8 Å². The summed E-state index contributed by atoms with van der Waals surface area (Å²) in [7, 11) is 1.62. The van der Waals surface area contributed by atoms with Gasteiger partial charge in [0, 0.05) is 10.4 Å². The first-order valence-corrected chi connectivity index (χ1v) is 13.0. The highest BCUT2D eigenvalue weighted by Crippen LogP contribution is 2.29. The van der Waals surface area contributed by atoms with Gasteiger partial charge in [0.2, 0.25) is 11.8 Å². The van der Waals surface area contributed by atoms with Crippen LogP contribution in [0.15, 0.2) is 75.7 Å². The van der Waals surface area contributed by atoms with E-state index in [0.29, 0.717) is 17.0 Å². The maximum absolute atomic E-state index is 12.8. The lowest BCUT2D eigenvalue weighted by Gasteiger charge is -2.19. The molecule has 8 heteroatoms. The van der Waals surface area contributed by atoms with Crippen molar-refractivity contribution in [2.75, 3.05) is 12.9 Å².